The summed E-state index contributed by atoms with van der Waals surface area (Å²) in [7, 11) is 6.22. The molecule has 0 bridgehead atoms. The Hall–Kier alpha value is -2.13. The molecule has 0 aliphatic carbocycles. The van der Waals surface area contributed by atoms with Gasteiger partial charge in [-0.15, -0.1) is 0 Å². The molecule has 110 valence electrons. The predicted molar refractivity (Wildman–Crippen MR) is 85.1 cm³/mol. The van der Waals surface area contributed by atoms with Gasteiger partial charge < -0.3 is 9.22 Å². The molecule has 0 saturated carbocycles. The molecule has 0 aliphatic heterocycles. The van der Waals surface area contributed by atoms with Crippen molar-refractivity contribution in [2.45, 2.75) is 0 Å². The van der Waals surface area contributed by atoms with Gasteiger partial charge in [-0.2, -0.15) is 0 Å². The highest BCUT2D eigenvalue weighted by Gasteiger charge is 2.11. The number of carbonyl (C=O) groups excluding carboxylic acids is 1. The Morgan fingerprint density at radius 3 is 2.05 bits per heavy atom. The second kappa shape index (κ2) is 6.55. The molecular formula is C18H22NO2+. The Kier molecular flexibility index (Phi) is 4.76. The van der Waals surface area contributed by atoms with E-state index >= 15 is 0 Å². The number of benzene rings is 2. The summed E-state index contributed by atoms with van der Waals surface area (Å²) >= 11 is 0. The number of hydrogen-bond acceptors (Lipinski definition) is 2. The van der Waals surface area contributed by atoms with Crippen molar-refractivity contribution in [1.82, 2.24) is 0 Å². The van der Waals surface area contributed by atoms with Crippen LogP contribution in [-0.2, 0) is 4.74 Å². The van der Waals surface area contributed by atoms with E-state index in [0.717, 1.165) is 22.2 Å². The first-order valence-electron chi connectivity index (χ1n) is 7.09. The van der Waals surface area contributed by atoms with Gasteiger partial charge in [-0.1, -0.05) is 42.5 Å². The van der Waals surface area contributed by atoms with Crippen LogP contribution in [0.1, 0.15) is 10.4 Å². The van der Waals surface area contributed by atoms with E-state index in [1.54, 1.807) is 0 Å². The van der Waals surface area contributed by atoms with Gasteiger partial charge in [0.25, 0.3) is 0 Å². The first-order chi connectivity index (χ1) is 9.96. The number of rotatable bonds is 5. The van der Waals surface area contributed by atoms with Gasteiger partial charge in [-0.3, -0.25) is 0 Å². The number of hydrogen-bond donors (Lipinski definition) is 0. The zero-order valence-electron chi connectivity index (χ0n) is 12.9. The van der Waals surface area contributed by atoms with Crippen molar-refractivity contribution in [3.05, 3.63) is 60.2 Å². The molecule has 0 spiro atoms. The lowest BCUT2D eigenvalue weighted by Gasteiger charge is -2.23. The first kappa shape index (κ1) is 15.3. The van der Waals surface area contributed by atoms with Crippen LogP contribution in [0.2, 0.25) is 0 Å². The number of nitrogens with zero attached hydrogens (tertiary/aromatic N) is 1. The summed E-state index contributed by atoms with van der Waals surface area (Å²) < 4.78 is 6.07. The van der Waals surface area contributed by atoms with E-state index in [1.165, 1.54) is 0 Å². The van der Waals surface area contributed by atoms with Crippen LogP contribution in [0.25, 0.3) is 11.1 Å². The van der Waals surface area contributed by atoms with Gasteiger partial charge in [-0.05, 0) is 23.3 Å². The van der Waals surface area contributed by atoms with Crippen molar-refractivity contribution < 1.29 is 14.0 Å². The summed E-state index contributed by atoms with van der Waals surface area (Å²) in [4.78, 5) is 11.9. The summed E-state index contributed by atoms with van der Waals surface area (Å²) in [6, 6.07) is 17.6. The molecule has 0 radical (unpaired) electrons. The van der Waals surface area contributed by atoms with Crippen molar-refractivity contribution in [2.75, 3.05) is 34.3 Å². The standard InChI is InChI=1S/C18H22NO2/c1-19(2,3)13-14-21-18(20)17-11-9-16(10-12-17)15-7-5-4-6-8-15/h4-12H,13-14H2,1-3H3/q+1. The van der Waals surface area contributed by atoms with Gasteiger partial charge in [0.1, 0.15) is 13.2 Å². The number of carbonyl (C=O) groups is 1. The lowest BCUT2D eigenvalue weighted by atomic mass is 10.0. The average molecular weight is 284 g/mol. The Bertz CT molecular complexity index is 583. The van der Waals surface area contributed by atoms with E-state index in [0.29, 0.717) is 12.2 Å². The van der Waals surface area contributed by atoms with Crippen LogP contribution < -0.4 is 0 Å². The molecule has 0 saturated heterocycles. The van der Waals surface area contributed by atoms with Crippen molar-refractivity contribution in [1.29, 1.82) is 0 Å². The number of quaternary nitrogens is 1. The molecule has 0 unspecified atom stereocenters. The number of esters is 1. The molecule has 0 atom stereocenters. The molecule has 21 heavy (non-hydrogen) atoms. The third-order valence-electron chi connectivity index (χ3n) is 3.22. The molecule has 0 fully saturated rings. The topological polar surface area (TPSA) is 26.3 Å². The monoisotopic (exact) mass is 284 g/mol. The number of likely N-dealkylation sites (N-methyl/N-ethyl adjacent to an activating group) is 1. The normalized spacial score (nSPS) is 11.2. The third kappa shape index (κ3) is 4.72. The Balaban J connectivity index is 1.97. The average Bonchev–Trinajstić information content (AvgIpc) is 2.47. The summed E-state index contributed by atoms with van der Waals surface area (Å²) in [5.41, 5.74) is 2.83. The number of ether oxygens (including phenoxy) is 1. The third-order valence-corrected chi connectivity index (χ3v) is 3.22. The van der Waals surface area contributed by atoms with Crippen molar-refractivity contribution >= 4 is 5.97 Å². The molecule has 0 heterocycles. The quantitative estimate of drug-likeness (QED) is 0.622. The molecule has 0 aliphatic rings. The SMILES string of the molecule is C[N+](C)(C)CCOC(=O)c1ccc(-c2ccccc2)cc1. The minimum Gasteiger partial charge on any atom is -0.456 e. The van der Waals surface area contributed by atoms with Crippen LogP contribution in [0.15, 0.2) is 54.6 Å². The van der Waals surface area contributed by atoms with E-state index in [9.17, 15) is 4.79 Å². The second-order valence-electron chi connectivity index (χ2n) is 6.09. The minimum absolute atomic E-state index is 0.261. The highest BCUT2D eigenvalue weighted by Crippen LogP contribution is 2.19. The summed E-state index contributed by atoms with van der Waals surface area (Å²) in [5.74, 6) is -0.261. The second-order valence-corrected chi connectivity index (χ2v) is 6.09. The summed E-state index contributed by atoms with van der Waals surface area (Å²) in [6.45, 7) is 1.23. The molecule has 2 aromatic carbocycles. The zero-order chi connectivity index (χ0) is 15.3. The lowest BCUT2D eigenvalue weighted by Crippen LogP contribution is -2.38. The van der Waals surface area contributed by atoms with E-state index in [-0.39, 0.29) is 5.97 Å². The largest absolute Gasteiger partial charge is 0.456 e. The van der Waals surface area contributed by atoms with E-state index in [2.05, 4.69) is 33.3 Å². The van der Waals surface area contributed by atoms with Crippen molar-refractivity contribution in [2.24, 2.45) is 0 Å². The molecule has 0 amide bonds. The molecule has 0 N–H and O–H groups in total. The lowest BCUT2D eigenvalue weighted by molar-refractivity contribution is -0.870. The van der Waals surface area contributed by atoms with E-state index in [1.807, 2.05) is 42.5 Å². The Labute approximate surface area is 126 Å². The molecule has 2 rings (SSSR count). The van der Waals surface area contributed by atoms with Gasteiger partial charge in [-0.25, -0.2) is 4.79 Å². The van der Waals surface area contributed by atoms with Crippen LogP contribution in [0.5, 0.6) is 0 Å². The molecule has 3 nitrogen and oxygen atoms in total. The fraction of sp³-hybridized carbons (Fsp3) is 0.278. The summed E-state index contributed by atoms with van der Waals surface area (Å²) in [6.07, 6.45) is 0. The molecule has 3 heteroatoms. The van der Waals surface area contributed by atoms with Crippen molar-refractivity contribution in [3.63, 3.8) is 0 Å². The van der Waals surface area contributed by atoms with Gasteiger partial charge in [0, 0.05) is 0 Å². The van der Waals surface area contributed by atoms with Crippen LogP contribution in [-0.4, -0.2) is 44.7 Å². The van der Waals surface area contributed by atoms with Crippen LogP contribution in [0.4, 0.5) is 0 Å². The van der Waals surface area contributed by atoms with E-state index in [4.69, 9.17) is 4.74 Å². The van der Waals surface area contributed by atoms with Crippen LogP contribution in [0.3, 0.4) is 0 Å². The molecular weight excluding hydrogens is 262 g/mol. The summed E-state index contributed by atoms with van der Waals surface area (Å²) in [5, 5.41) is 0. The molecule has 0 aromatic heterocycles. The fourth-order valence-electron chi connectivity index (χ4n) is 1.92. The highest BCUT2D eigenvalue weighted by atomic mass is 16.5. The van der Waals surface area contributed by atoms with Crippen LogP contribution in [0, 0.1) is 0 Å². The molecule has 2 aromatic rings. The fourth-order valence-corrected chi connectivity index (χ4v) is 1.92. The maximum atomic E-state index is 11.9. The predicted octanol–water partition coefficient (Wildman–Crippen LogP) is 3.22. The highest BCUT2D eigenvalue weighted by molar-refractivity contribution is 5.90. The van der Waals surface area contributed by atoms with Gasteiger partial charge in [0.05, 0.1) is 26.7 Å². The smallest absolute Gasteiger partial charge is 0.338 e. The first-order valence-corrected chi connectivity index (χ1v) is 7.09. The minimum atomic E-state index is -0.261. The van der Waals surface area contributed by atoms with Crippen LogP contribution >= 0.6 is 0 Å². The Morgan fingerprint density at radius 1 is 0.905 bits per heavy atom. The Morgan fingerprint density at radius 2 is 1.48 bits per heavy atom. The van der Waals surface area contributed by atoms with Gasteiger partial charge >= 0.3 is 5.97 Å². The maximum absolute atomic E-state index is 11.9. The van der Waals surface area contributed by atoms with Gasteiger partial charge in [0.2, 0.25) is 0 Å². The zero-order valence-corrected chi connectivity index (χ0v) is 12.9. The van der Waals surface area contributed by atoms with E-state index < -0.39 is 0 Å². The van der Waals surface area contributed by atoms with Crippen molar-refractivity contribution in [3.8, 4) is 11.1 Å². The van der Waals surface area contributed by atoms with Gasteiger partial charge in [0.15, 0.2) is 0 Å². The maximum Gasteiger partial charge on any atom is 0.338 e.